The minimum atomic E-state index is -1.93. The van der Waals surface area contributed by atoms with E-state index in [4.69, 9.17) is 4.74 Å². The average Bonchev–Trinajstić information content (AvgIpc) is 2.89. The zero-order valence-electron chi connectivity index (χ0n) is 13.8. The van der Waals surface area contributed by atoms with Crippen molar-refractivity contribution in [2.75, 3.05) is 7.11 Å². The molecule has 1 aromatic carbocycles. The summed E-state index contributed by atoms with van der Waals surface area (Å²) in [4.78, 5) is 12.6. The molecule has 25 heavy (non-hydrogen) atoms. The SMILES string of the molecule is COc1ccc([C@@H]2[C@@H](C)[C@@]3(O)C[C@@](C#N)(C(=O)N3)C2(C#N)C#N)cc1. The lowest BCUT2D eigenvalue weighted by Crippen LogP contribution is -2.56. The quantitative estimate of drug-likeness (QED) is 0.834. The second-order valence-corrected chi connectivity index (χ2v) is 6.64. The number of carbonyl (C=O) groups is 1. The molecule has 4 atom stereocenters. The molecule has 7 heteroatoms. The van der Waals surface area contributed by atoms with Gasteiger partial charge in [0, 0.05) is 18.3 Å². The third-order valence-electron chi connectivity index (χ3n) is 5.66. The maximum absolute atomic E-state index is 12.6. The number of benzene rings is 1. The van der Waals surface area contributed by atoms with Crippen molar-refractivity contribution in [3.63, 3.8) is 0 Å². The molecule has 2 bridgehead atoms. The smallest absolute Gasteiger partial charge is 0.245 e. The Kier molecular flexibility index (Phi) is 3.49. The zero-order chi connectivity index (χ0) is 18.5. The summed E-state index contributed by atoms with van der Waals surface area (Å²) in [5, 5.41) is 42.9. The van der Waals surface area contributed by atoms with E-state index in [1.807, 2.05) is 18.2 Å². The number of fused-ring (bicyclic) bond motifs is 2. The number of nitriles is 3. The molecule has 1 amide bonds. The van der Waals surface area contributed by atoms with Gasteiger partial charge in [-0.05, 0) is 17.7 Å². The predicted octanol–water partition coefficient (Wildman–Crippen LogP) is 1.18. The van der Waals surface area contributed by atoms with Crippen LogP contribution < -0.4 is 10.1 Å². The molecule has 0 radical (unpaired) electrons. The Morgan fingerprint density at radius 2 is 1.80 bits per heavy atom. The van der Waals surface area contributed by atoms with Gasteiger partial charge in [-0.3, -0.25) is 4.79 Å². The van der Waals surface area contributed by atoms with E-state index < -0.39 is 34.3 Å². The molecule has 1 aliphatic heterocycles. The fraction of sp³-hybridized carbons (Fsp3) is 0.444. The number of hydrogen-bond donors (Lipinski definition) is 2. The Hall–Kier alpha value is -3.08. The molecule has 2 fully saturated rings. The van der Waals surface area contributed by atoms with Crippen LogP contribution in [0, 0.1) is 50.7 Å². The van der Waals surface area contributed by atoms with Crippen molar-refractivity contribution in [1.29, 1.82) is 15.8 Å². The normalized spacial score (nSPS) is 35.0. The minimum absolute atomic E-state index is 0.287. The zero-order valence-corrected chi connectivity index (χ0v) is 13.8. The van der Waals surface area contributed by atoms with Crippen molar-refractivity contribution in [3.8, 4) is 24.0 Å². The Morgan fingerprint density at radius 3 is 2.28 bits per heavy atom. The summed E-state index contributed by atoms with van der Waals surface area (Å²) in [7, 11) is 1.52. The number of ether oxygens (including phenoxy) is 1. The van der Waals surface area contributed by atoms with Crippen LogP contribution in [0.4, 0.5) is 0 Å². The number of hydrogen-bond acceptors (Lipinski definition) is 6. The van der Waals surface area contributed by atoms with Gasteiger partial charge in [0.2, 0.25) is 5.91 Å². The molecule has 2 aliphatic rings. The highest BCUT2D eigenvalue weighted by Gasteiger charge is 2.76. The van der Waals surface area contributed by atoms with E-state index in [-0.39, 0.29) is 6.42 Å². The van der Waals surface area contributed by atoms with Gasteiger partial charge in [-0.1, -0.05) is 19.1 Å². The van der Waals surface area contributed by atoms with Crippen LogP contribution in [-0.2, 0) is 4.79 Å². The first kappa shape index (κ1) is 16.8. The fourth-order valence-corrected chi connectivity index (χ4v) is 4.22. The number of carbonyl (C=O) groups excluding carboxylic acids is 1. The molecule has 1 aliphatic carbocycles. The number of methoxy groups -OCH3 is 1. The van der Waals surface area contributed by atoms with E-state index in [2.05, 4.69) is 5.32 Å². The number of nitrogens with zero attached hydrogens (tertiary/aromatic N) is 3. The molecule has 2 N–H and O–H groups in total. The number of rotatable bonds is 2. The highest BCUT2D eigenvalue weighted by atomic mass is 16.5. The summed E-state index contributed by atoms with van der Waals surface area (Å²) < 4.78 is 5.12. The van der Waals surface area contributed by atoms with Gasteiger partial charge in [0.05, 0.1) is 25.3 Å². The lowest BCUT2D eigenvalue weighted by molar-refractivity contribution is -0.128. The van der Waals surface area contributed by atoms with Crippen molar-refractivity contribution in [3.05, 3.63) is 29.8 Å². The third-order valence-corrected chi connectivity index (χ3v) is 5.66. The van der Waals surface area contributed by atoms with Gasteiger partial charge in [0.1, 0.15) is 11.5 Å². The van der Waals surface area contributed by atoms with Crippen LogP contribution >= 0.6 is 0 Å². The van der Waals surface area contributed by atoms with Crippen molar-refractivity contribution < 1.29 is 14.6 Å². The highest BCUT2D eigenvalue weighted by molar-refractivity contribution is 5.92. The molecule has 3 rings (SSSR count). The molecule has 0 aromatic heterocycles. The molecule has 1 saturated heterocycles. The number of nitrogens with one attached hydrogen (secondary N) is 1. The van der Waals surface area contributed by atoms with Crippen LogP contribution in [-0.4, -0.2) is 23.8 Å². The first-order valence-electron chi connectivity index (χ1n) is 7.77. The lowest BCUT2D eigenvalue weighted by atomic mass is 9.49. The van der Waals surface area contributed by atoms with Gasteiger partial charge >= 0.3 is 0 Å². The van der Waals surface area contributed by atoms with Gasteiger partial charge in [-0.25, -0.2) is 0 Å². The highest BCUT2D eigenvalue weighted by Crippen LogP contribution is 2.64. The van der Waals surface area contributed by atoms with Crippen LogP contribution in [0.15, 0.2) is 24.3 Å². The van der Waals surface area contributed by atoms with E-state index in [9.17, 15) is 25.7 Å². The summed E-state index contributed by atoms with van der Waals surface area (Å²) in [5.41, 5.74) is -4.90. The van der Waals surface area contributed by atoms with E-state index in [1.54, 1.807) is 31.2 Å². The summed E-state index contributed by atoms with van der Waals surface area (Å²) in [6.45, 7) is 1.67. The molecular formula is C18H16N4O3. The molecule has 1 aromatic rings. The topological polar surface area (TPSA) is 130 Å². The molecule has 0 unspecified atom stereocenters. The summed E-state index contributed by atoms with van der Waals surface area (Å²) >= 11 is 0. The minimum Gasteiger partial charge on any atom is -0.497 e. The molecule has 7 nitrogen and oxygen atoms in total. The maximum Gasteiger partial charge on any atom is 0.245 e. The Bertz CT molecular complexity index is 846. The Balaban J connectivity index is 2.28. The first-order valence-corrected chi connectivity index (χ1v) is 7.77. The summed E-state index contributed by atoms with van der Waals surface area (Å²) in [5.74, 6) is -1.65. The number of amides is 1. The second kappa shape index (κ2) is 5.21. The first-order chi connectivity index (χ1) is 11.8. The lowest BCUT2D eigenvalue weighted by Gasteiger charge is -2.48. The van der Waals surface area contributed by atoms with Gasteiger partial charge in [0.15, 0.2) is 10.8 Å². The van der Waals surface area contributed by atoms with Crippen LogP contribution in [0.25, 0.3) is 0 Å². The standard InChI is InChI=1S/C18H16N4O3/c1-11-14(12-3-5-13(25-2)6-4-12)17(9-20,10-21)16(8-19)7-18(11,24)22-15(16)23/h3-6,11,14,24H,7H2,1-2H3,(H,22,23)/t11-,14+,16-,18+/m1/s1. The van der Waals surface area contributed by atoms with Gasteiger partial charge in [0.25, 0.3) is 0 Å². The van der Waals surface area contributed by atoms with Crippen molar-refractivity contribution in [2.45, 2.75) is 25.0 Å². The van der Waals surface area contributed by atoms with Gasteiger partial charge < -0.3 is 15.2 Å². The van der Waals surface area contributed by atoms with Crippen molar-refractivity contribution >= 4 is 5.91 Å². The summed E-state index contributed by atoms with van der Waals surface area (Å²) in [6.07, 6.45) is -0.287. The van der Waals surface area contributed by atoms with Gasteiger partial charge in [-0.2, -0.15) is 15.8 Å². The van der Waals surface area contributed by atoms with Crippen LogP contribution in [0.2, 0.25) is 0 Å². The Morgan fingerprint density at radius 1 is 1.20 bits per heavy atom. The largest absolute Gasteiger partial charge is 0.497 e. The number of aliphatic hydroxyl groups is 1. The summed E-state index contributed by atoms with van der Waals surface area (Å²) in [6, 6.07) is 12.5. The van der Waals surface area contributed by atoms with E-state index in [1.165, 1.54) is 7.11 Å². The third kappa shape index (κ3) is 1.83. The predicted molar refractivity (Wildman–Crippen MR) is 84.3 cm³/mol. The van der Waals surface area contributed by atoms with E-state index in [0.29, 0.717) is 11.3 Å². The van der Waals surface area contributed by atoms with Crippen LogP contribution in [0.3, 0.4) is 0 Å². The monoisotopic (exact) mass is 336 g/mol. The van der Waals surface area contributed by atoms with Crippen LogP contribution in [0.1, 0.15) is 24.8 Å². The van der Waals surface area contributed by atoms with E-state index >= 15 is 0 Å². The van der Waals surface area contributed by atoms with Crippen LogP contribution in [0.5, 0.6) is 5.75 Å². The maximum atomic E-state index is 12.6. The molecule has 0 spiro atoms. The molecule has 1 saturated carbocycles. The Labute approximate surface area is 145 Å². The van der Waals surface area contributed by atoms with Crippen molar-refractivity contribution in [2.24, 2.45) is 16.7 Å². The second-order valence-electron chi connectivity index (χ2n) is 6.64. The van der Waals surface area contributed by atoms with Gasteiger partial charge in [-0.15, -0.1) is 0 Å². The van der Waals surface area contributed by atoms with E-state index in [0.717, 1.165) is 0 Å². The average molecular weight is 336 g/mol. The molecule has 126 valence electrons. The fourth-order valence-electron chi connectivity index (χ4n) is 4.22. The molecule has 1 heterocycles. The van der Waals surface area contributed by atoms with Crippen molar-refractivity contribution in [1.82, 2.24) is 5.32 Å². The molecular weight excluding hydrogens is 320 g/mol.